The van der Waals surface area contributed by atoms with Gasteiger partial charge in [-0.2, -0.15) is 0 Å². The number of hydrogen-bond acceptors (Lipinski definition) is 3. The van der Waals surface area contributed by atoms with Crippen molar-refractivity contribution in [1.29, 1.82) is 0 Å². The molecule has 0 saturated carbocycles. The van der Waals surface area contributed by atoms with Crippen molar-refractivity contribution in [3.63, 3.8) is 0 Å². The number of hydrogen-bond donors (Lipinski definition) is 1. The second-order valence-electron chi connectivity index (χ2n) is 4.92. The largest absolute Gasteiger partial charge is 0.356 e. The van der Waals surface area contributed by atoms with E-state index in [-0.39, 0.29) is 0 Å². The molecule has 0 unspecified atom stereocenters. The summed E-state index contributed by atoms with van der Waals surface area (Å²) >= 11 is 0. The summed E-state index contributed by atoms with van der Waals surface area (Å²) in [6, 6.07) is 2.21. The van der Waals surface area contributed by atoms with Crippen LogP contribution >= 0.6 is 0 Å². The van der Waals surface area contributed by atoms with Crippen LogP contribution in [0.1, 0.15) is 33.5 Å². The summed E-state index contributed by atoms with van der Waals surface area (Å²) in [7, 11) is 0. The average Bonchev–Trinajstić information content (AvgIpc) is 2.68. The Morgan fingerprint density at radius 3 is 2.11 bits per heavy atom. The van der Waals surface area contributed by atoms with E-state index in [4.69, 9.17) is 10.3 Å². The van der Waals surface area contributed by atoms with Crippen molar-refractivity contribution in [3.8, 4) is 11.3 Å². The van der Waals surface area contributed by atoms with Gasteiger partial charge in [-0.1, -0.05) is 11.2 Å². The summed E-state index contributed by atoms with van der Waals surface area (Å²) in [6.07, 6.45) is 0. The molecule has 3 nitrogen and oxygen atoms in total. The maximum absolute atomic E-state index is 5.81. The Hall–Kier alpha value is -1.61. The molecule has 0 atom stereocenters. The van der Waals surface area contributed by atoms with Crippen LogP contribution in [0.3, 0.4) is 0 Å². The predicted octanol–water partition coefficient (Wildman–Crippen LogP) is 3.34. The normalized spacial score (nSPS) is 11.0. The van der Waals surface area contributed by atoms with Gasteiger partial charge in [0, 0.05) is 17.7 Å². The van der Waals surface area contributed by atoms with Crippen molar-refractivity contribution in [3.05, 3.63) is 39.6 Å². The number of aryl methyl sites for hydroxylation is 3. The third-order valence-electron chi connectivity index (χ3n) is 3.78. The van der Waals surface area contributed by atoms with Gasteiger partial charge in [0.05, 0.1) is 5.69 Å². The highest BCUT2D eigenvalue weighted by molar-refractivity contribution is 5.72. The zero-order chi connectivity index (χ0) is 13.4. The molecular weight excluding hydrogens is 224 g/mol. The van der Waals surface area contributed by atoms with Crippen LogP contribution < -0.4 is 5.73 Å². The van der Waals surface area contributed by atoms with E-state index < -0.39 is 0 Å². The topological polar surface area (TPSA) is 52.0 Å². The summed E-state index contributed by atoms with van der Waals surface area (Å²) in [4.78, 5) is 0. The maximum atomic E-state index is 5.81. The molecule has 1 aromatic carbocycles. The minimum Gasteiger partial charge on any atom is -0.356 e. The van der Waals surface area contributed by atoms with Crippen LogP contribution in [0.15, 0.2) is 10.6 Å². The first-order valence-electron chi connectivity index (χ1n) is 6.20. The minimum absolute atomic E-state index is 0.455. The van der Waals surface area contributed by atoms with E-state index in [1.807, 2.05) is 6.92 Å². The molecule has 0 aliphatic rings. The van der Waals surface area contributed by atoms with Gasteiger partial charge in [0.2, 0.25) is 0 Å². The van der Waals surface area contributed by atoms with Gasteiger partial charge >= 0.3 is 0 Å². The Morgan fingerprint density at radius 1 is 1.06 bits per heavy atom. The predicted molar refractivity (Wildman–Crippen MR) is 73.5 cm³/mol. The van der Waals surface area contributed by atoms with Crippen LogP contribution in [-0.2, 0) is 6.54 Å². The van der Waals surface area contributed by atoms with Gasteiger partial charge in [0.1, 0.15) is 0 Å². The molecule has 18 heavy (non-hydrogen) atoms. The molecule has 0 fully saturated rings. The molecule has 2 rings (SSSR count). The first-order chi connectivity index (χ1) is 8.47. The summed E-state index contributed by atoms with van der Waals surface area (Å²) in [6.45, 7) is 10.9. The van der Waals surface area contributed by atoms with Gasteiger partial charge in [-0.25, -0.2) is 0 Å². The minimum atomic E-state index is 0.455. The number of nitrogens with two attached hydrogens (primary N) is 1. The highest BCUT2D eigenvalue weighted by Crippen LogP contribution is 2.34. The van der Waals surface area contributed by atoms with Gasteiger partial charge in [0.15, 0.2) is 5.76 Å². The van der Waals surface area contributed by atoms with E-state index in [1.165, 1.54) is 22.3 Å². The van der Waals surface area contributed by atoms with Crippen LogP contribution in [-0.4, -0.2) is 5.16 Å². The van der Waals surface area contributed by atoms with Gasteiger partial charge in [-0.15, -0.1) is 0 Å². The van der Waals surface area contributed by atoms with Crippen LogP contribution in [0.2, 0.25) is 0 Å². The highest BCUT2D eigenvalue weighted by atomic mass is 16.5. The first-order valence-corrected chi connectivity index (χ1v) is 6.20. The average molecular weight is 244 g/mol. The van der Waals surface area contributed by atoms with E-state index in [0.717, 1.165) is 22.6 Å². The second kappa shape index (κ2) is 4.58. The Bertz CT molecular complexity index is 571. The molecule has 0 aliphatic heterocycles. The zero-order valence-electron chi connectivity index (χ0n) is 11.7. The third kappa shape index (κ3) is 1.85. The lowest BCUT2D eigenvalue weighted by molar-refractivity contribution is 0.426. The van der Waals surface area contributed by atoms with Gasteiger partial charge in [-0.05, 0) is 56.9 Å². The Morgan fingerprint density at radius 2 is 1.61 bits per heavy atom. The van der Waals surface area contributed by atoms with Crippen LogP contribution in [0.25, 0.3) is 11.3 Å². The summed E-state index contributed by atoms with van der Waals surface area (Å²) in [5.74, 6) is 0.830. The van der Waals surface area contributed by atoms with Crippen LogP contribution in [0, 0.1) is 34.6 Å². The Kier molecular flexibility index (Phi) is 3.26. The molecule has 3 heteroatoms. The number of benzene rings is 1. The summed E-state index contributed by atoms with van der Waals surface area (Å²) in [5.41, 5.74) is 13.9. The van der Waals surface area contributed by atoms with E-state index in [0.29, 0.717) is 6.54 Å². The van der Waals surface area contributed by atoms with Crippen molar-refractivity contribution >= 4 is 0 Å². The van der Waals surface area contributed by atoms with Crippen molar-refractivity contribution in [2.75, 3.05) is 0 Å². The fourth-order valence-electron chi connectivity index (χ4n) is 2.38. The van der Waals surface area contributed by atoms with Crippen molar-refractivity contribution in [1.82, 2.24) is 5.16 Å². The number of rotatable bonds is 2. The fourth-order valence-corrected chi connectivity index (χ4v) is 2.38. The third-order valence-corrected chi connectivity index (χ3v) is 3.78. The standard InChI is InChI=1S/C15H20N2O/c1-8-6-9(2)11(4)14(10(8)3)15-13(7-16)12(5)17-18-15/h6H,7,16H2,1-5H3. The molecule has 0 saturated heterocycles. The van der Waals surface area contributed by atoms with Gasteiger partial charge in [-0.3, -0.25) is 0 Å². The van der Waals surface area contributed by atoms with Gasteiger partial charge < -0.3 is 10.3 Å². The first kappa shape index (κ1) is 12.8. The summed E-state index contributed by atoms with van der Waals surface area (Å²) < 4.78 is 5.51. The van der Waals surface area contributed by atoms with Crippen molar-refractivity contribution in [2.45, 2.75) is 41.2 Å². The van der Waals surface area contributed by atoms with E-state index in [9.17, 15) is 0 Å². The van der Waals surface area contributed by atoms with Crippen LogP contribution in [0.5, 0.6) is 0 Å². The van der Waals surface area contributed by atoms with Crippen molar-refractivity contribution in [2.24, 2.45) is 5.73 Å². The highest BCUT2D eigenvalue weighted by Gasteiger charge is 2.19. The number of nitrogens with zero attached hydrogens (tertiary/aromatic N) is 1. The molecule has 1 aromatic heterocycles. The monoisotopic (exact) mass is 244 g/mol. The maximum Gasteiger partial charge on any atom is 0.172 e. The smallest absolute Gasteiger partial charge is 0.172 e. The lowest BCUT2D eigenvalue weighted by atomic mass is 9.91. The molecule has 0 bridgehead atoms. The number of aromatic nitrogens is 1. The zero-order valence-corrected chi connectivity index (χ0v) is 11.7. The molecule has 0 radical (unpaired) electrons. The van der Waals surface area contributed by atoms with E-state index in [1.54, 1.807) is 0 Å². The molecule has 0 aliphatic carbocycles. The molecule has 0 amide bonds. The van der Waals surface area contributed by atoms with Gasteiger partial charge in [0.25, 0.3) is 0 Å². The second-order valence-corrected chi connectivity index (χ2v) is 4.92. The SMILES string of the molecule is Cc1cc(C)c(C)c(-c2onc(C)c2CN)c1C. The molecular formula is C15H20N2O. The van der Waals surface area contributed by atoms with E-state index in [2.05, 4.69) is 38.9 Å². The quantitative estimate of drug-likeness (QED) is 0.881. The lowest BCUT2D eigenvalue weighted by Crippen LogP contribution is -2.01. The lowest BCUT2D eigenvalue weighted by Gasteiger charge is -2.13. The fraction of sp³-hybridized carbons (Fsp3) is 0.400. The molecule has 96 valence electrons. The molecule has 2 N–H and O–H groups in total. The van der Waals surface area contributed by atoms with Crippen molar-refractivity contribution < 1.29 is 4.52 Å². The molecule has 1 heterocycles. The van der Waals surface area contributed by atoms with Crippen LogP contribution in [0.4, 0.5) is 0 Å². The Balaban J connectivity index is 2.78. The summed E-state index contributed by atoms with van der Waals surface area (Å²) in [5, 5.41) is 4.05. The molecule has 0 spiro atoms. The molecule has 2 aromatic rings. The Labute approximate surface area is 108 Å². The van der Waals surface area contributed by atoms with E-state index >= 15 is 0 Å².